The summed E-state index contributed by atoms with van der Waals surface area (Å²) in [5.41, 5.74) is 2.73. The van der Waals surface area contributed by atoms with Crippen molar-refractivity contribution in [3.8, 4) is 0 Å². The molecule has 1 atom stereocenters. The molecule has 1 saturated carbocycles. The van der Waals surface area contributed by atoms with Crippen molar-refractivity contribution in [3.05, 3.63) is 46.8 Å². The highest BCUT2D eigenvalue weighted by molar-refractivity contribution is 5.53. The van der Waals surface area contributed by atoms with Crippen LogP contribution in [0.4, 0.5) is 11.6 Å². The van der Waals surface area contributed by atoms with Crippen molar-refractivity contribution in [1.29, 1.82) is 0 Å². The van der Waals surface area contributed by atoms with E-state index in [4.69, 9.17) is 9.97 Å². The fraction of sp³-hybridized carbons (Fsp3) is 0.583. The monoisotopic (exact) mass is 410 g/mol. The molecule has 0 radical (unpaired) electrons. The van der Waals surface area contributed by atoms with Gasteiger partial charge in [-0.1, -0.05) is 32.0 Å². The average molecular weight is 411 g/mol. The molecular formula is C24H34N4O2. The molecule has 30 heavy (non-hydrogen) atoms. The zero-order chi connectivity index (χ0) is 21.5. The third-order valence-corrected chi connectivity index (χ3v) is 6.26. The molecule has 4 rings (SSSR count). The zero-order valence-corrected chi connectivity index (χ0v) is 18.5. The van der Waals surface area contributed by atoms with Crippen LogP contribution in [0.3, 0.4) is 0 Å². The molecule has 1 aromatic carbocycles. The number of nitrogens with zero attached hydrogens (tertiary/aromatic N) is 3. The van der Waals surface area contributed by atoms with Gasteiger partial charge in [-0.25, -0.2) is 9.97 Å². The fourth-order valence-electron chi connectivity index (χ4n) is 3.95. The van der Waals surface area contributed by atoms with E-state index in [-0.39, 0.29) is 12.6 Å². The summed E-state index contributed by atoms with van der Waals surface area (Å²) >= 11 is 0. The SMILES string of the molecule is CC(C)[C@H](CO)Nc1cc(N2CCc3cc(C(C)(C)O)ccc3C2)nc(C2CC2)n1. The van der Waals surface area contributed by atoms with Gasteiger partial charge in [0.05, 0.1) is 18.2 Å². The Kier molecular flexibility index (Phi) is 5.73. The molecule has 0 spiro atoms. The smallest absolute Gasteiger partial charge is 0.136 e. The van der Waals surface area contributed by atoms with Crippen LogP contribution in [0.15, 0.2) is 24.3 Å². The number of aromatic nitrogens is 2. The second kappa shape index (κ2) is 8.16. The first-order valence-corrected chi connectivity index (χ1v) is 11.1. The number of aliphatic hydroxyl groups is 2. The molecule has 3 N–H and O–H groups in total. The fourth-order valence-corrected chi connectivity index (χ4v) is 3.95. The van der Waals surface area contributed by atoms with Crippen LogP contribution in [0.2, 0.25) is 0 Å². The minimum absolute atomic E-state index is 0.0258. The highest BCUT2D eigenvalue weighted by Gasteiger charge is 2.29. The number of aliphatic hydroxyl groups excluding tert-OH is 1. The molecule has 0 unspecified atom stereocenters. The van der Waals surface area contributed by atoms with E-state index in [2.05, 4.69) is 36.2 Å². The molecule has 1 aliphatic heterocycles. The molecule has 0 bridgehead atoms. The van der Waals surface area contributed by atoms with E-state index in [1.165, 1.54) is 11.1 Å². The highest BCUT2D eigenvalue weighted by atomic mass is 16.3. The Morgan fingerprint density at radius 2 is 1.93 bits per heavy atom. The molecule has 1 fully saturated rings. The summed E-state index contributed by atoms with van der Waals surface area (Å²) in [5, 5.41) is 23.5. The standard InChI is InChI=1S/C24H34N4O2/c1-15(2)20(14-29)25-21-12-22(27-23(26-21)16-5-6-16)28-10-9-17-11-19(24(3,4)30)8-7-18(17)13-28/h7-8,11-12,15-16,20,29-30H,5-6,9-10,13-14H2,1-4H3,(H,25,26,27)/t20-/m0/s1. The van der Waals surface area contributed by atoms with Gasteiger partial charge in [0, 0.05) is 25.1 Å². The highest BCUT2D eigenvalue weighted by Crippen LogP contribution is 2.39. The lowest BCUT2D eigenvalue weighted by atomic mass is 9.91. The number of benzene rings is 1. The van der Waals surface area contributed by atoms with Gasteiger partial charge in [-0.3, -0.25) is 0 Å². The van der Waals surface area contributed by atoms with Gasteiger partial charge >= 0.3 is 0 Å². The summed E-state index contributed by atoms with van der Waals surface area (Å²) in [7, 11) is 0. The van der Waals surface area contributed by atoms with Gasteiger partial charge in [-0.2, -0.15) is 0 Å². The molecule has 2 aliphatic rings. The Hall–Kier alpha value is -2.18. The van der Waals surface area contributed by atoms with Gasteiger partial charge in [0.15, 0.2) is 0 Å². The number of hydrogen-bond donors (Lipinski definition) is 3. The van der Waals surface area contributed by atoms with Crippen LogP contribution >= 0.6 is 0 Å². The second-order valence-corrected chi connectivity index (χ2v) is 9.64. The van der Waals surface area contributed by atoms with Crippen molar-refractivity contribution in [3.63, 3.8) is 0 Å². The predicted molar refractivity (Wildman–Crippen MR) is 120 cm³/mol. The maximum Gasteiger partial charge on any atom is 0.136 e. The molecular weight excluding hydrogens is 376 g/mol. The lowest BCUT2D eigenvalue weighted by Crippen LogP contribution is -2.33. The Morgan fingerprint density at radius 3 is 2.57 bits per heavy atom. The van der Waals surface area contributed by atoms with Crippen LogP contribution in [-0.4, -0.2) is 39.4 Å². The van der Waals surface area contributed by atoms with Crippen LogP contribution in [-0.2, 0) is 18.6 Å². The third-order valence-electron chi connectivity index (χ3n) is 6.26. The van der Waals surface area contributed by atoms with Gasteiger partial charge in [0.1, 0.15) is 17.5 Å². The Morgan fingerprint density at radius 1 is 1.17 bits per heavy atom. The van der Waals surface area contributed by atoms with Crippen molar-refractivity contribution in [2.24, 2.45) is 5.92 Å². The molecule has 2 heterocycles. The van der Waals surface area contributed by atoms with Crippen molar-refractivity contribution in [1.82, 2.24) is 9.97 Å². The number of fused-ring (bicyclic) bond motifs is 1. The van der Waals surface area contributed by atoms with Gasteiger partial charge in [0.25, 0.3) is 0 Å². The van der Waals surface area contributed by atoms with Gasteiger partial charge < -0.3 is 20.4 Å². The molecule has 6 heteroatoms. The van der Waals surface area contributed by atoms with Gasteiger partial charge in [-0.05, 0) is 55.7 Å². The van der Waals surface area contributed by atoms with E-state index < -0.39 is 5.60 Å². The van der Waals surface area contributed by atoms with Crippen LogP contribution in [0.5, 0.6) is 0 Å². The molecule has 162 valence electrons. The van der Waals surface area contributed by atoms with E-state index in [0.29, 0.717) is 11.8 Å². The molecule has 2 aromatic rings. The first kappa shape index (κ1) is 21.1. The third kappa shape index (κ3) is 4.60. The number of hydrogen-bond acceptors (Lipinski definition) is 6. The summed E-state index contributed by atoms with van der Waals surface area (Å²) < 4.78 is 0. The van der Waals surface area contributed by atoms with Crippen molar-refractivity contribution in [2.45, 2.75) is 71.1 Å². The van der Waals surface area contributed by atoms with Crippen molar-refractivity contribution < 1.29 is 10.2 Å². The van der Waals surface area contributed by atoms with E-state index in [0.717, 1.165) is 55.4 Å². The van der Waals surface area contributed by atoms with Crippen LogP contribution < -0.4 is 10.2 Å². The Bertz CT molecular complexity index is 903. The van der Waals surface area contributed by atoms with E-state index in [9.17, 15) is 10.2 Å². The summed E-state index contributed by atoms with van der Waals surface area (Å²) in [5.74, 6) is 3.44. The molecule has 6 nitrogen and oxygen atoms in total. The second-order valence-electron chi connectivity index (χ2n) is 9.64. The normalized spacial score (nSPS) is 17.8. The van der Waals surface area contributed by atoms with Crippen LogP contribution in [0.25, 0.3) is 0 Å². The van der Waals surface area contributed by atoms with E-state index in [1.807, 2.05) is 26.0 Å². The number of nitrogens with one attached hydrogen (secondary N) is 1. The number of anilines is 2. The summed E-state index contributed by atoms with van der Waals surface area (Å²) in [6, 6.07) is 8.30. The molecule has 1 aliphatic carbocycles. The largest absolute Gasteiger partial charge is 0.394 e. The lowest BCUT2D eigenvalue weighted by molar-refractivity contribution is 0.0785. The van der Waals surface area contributed by atoms with Crippen LogP contribution in [0, 0.1) is 5.92 Å². The lowest BCUT2D eigenvalue weighted by Gasteiger charge is -2.31. The first-order chi connectivity index (χ1) is 14.2. The maximum absolute atomic E-state index is 10.3. The zero-order valence-electron chi connectivity index (χ0n) is 18.5. The molecule has 0 amide bonds. The van der Waals surface area contributed by atoms with Gasteiger partial charge in [-0.15, -0.1) is 0 Å². The predicted octanol–water partition coefficient (Wildman–Crippen LogP) is 3.57. The Balaban J connectivity index is 1.59. The molecule has 1 aromatic heterocycles. The van der Waals surface area contributed by atoms with E-state index in [1.54, 1.807) is 0 Å². The first-order valence-electron chi connectivity index (χ1n) is 11.1. The van der Waals surface area contributed by atoms with Gasteiger partial charge in [0.2, 0.25) is 0 Å². The summed E-state index contributed by atoms with van der Waals surface area (Å²) in [4.78, 5) is 12.0. The number of rotatable bonds is 7. The molecule has 0 saturated heterocycles. The maximum atomic E-state index is 10.3. The minimum atomic E-state index is -0.821. The van der Waals surface area contributed by atoms with Crippen molar-refractivity contribution >= 4 is 11.6 Å². The minimum Gasteiger partial charge on any atom is -0.394 e. The Labute approximate surface area is 179 Å². The summed E-state index contributed by atoms with van der Waals surface area (Å²) in [6.07, 6.45) is 3.23. The average Bonchev–Trinajstić information content (AvgIpc) is 3.55. The van der Waals surface area contributed by atoms with Crippen molar-refractivity contribution in [2.75, 3.05) is 23.4 Å². The summed E-state index contributed by atoms with van der Waals surface area (Å²) in [6.45, 7) is 9.62. The van der Waals surface area contributed by atoms with E-state index >= 15 is 0 Å². The quantitative estimate of drug-likeness (QED) is 0.647. The topological polar surface area (TPSA) is 81.5 Å². The van der Waals surface area contributed by atoms with Crippen LogP contribution in [0.1, 0.15) is 69.0 Å².